The van der Waals surface area contributed by atoms with E-state index in [1.165, 1.54) is 6.20 Å². The fraction of sp³-hybridized carbons (Fsp3) is 0.143. The van der Waals surface area contributed by atoms with Crippen molar-refractivity contribution in [2.45, 2.75) is 0 Å². The minimum Gasteiger partial charge on any atom is -0.288 e. The average Bonchev–Trinajstić information content (AvgIpc) is 2.07. The molecule has 1 amide bonds. The summed E-state index contributed by atoms with van der Waals surface area (Å²) in [5, 5.41) is 0. The van der Waals surface area contributed by atoms with Gasteiger partial charge in [-0.05, 0) is 12.1 Å². The summed E-state index contributed by atoms with van der Waals surface area (Å²) in [6, 6.07) is 3.41. The molecular weight excluding hydrogens is 178 g/mol. The van der Waals surface area contributed by atoms with E-state index in [4.69, 9.17) is 0 Å². The van der Waals surface area contributed by atoms with Crippen LogP contribution in [0.25, 0.3) is 0 Å². The maximum Gasteiger partial charge on any atom is 0.266 e. The van der Waals surface area contributed by atoms with Crippen LogP contribution in [0.4, 0.5) is 0 Å². The van der Waals surface area contributed by atoms with Crippen molar-refractivity contribution in [3.05, 3.63) is 30.1 Å². The second kappa shape index (κ2) is 5.51. The van der Waals surface area contributed by atoms with Crippen molar-refractivity contribution in [3.8, 4) is 0 Å². The first-order valence-corrected chi connectivity index (χ1v) is 3.21. The summed E-state index contributed by atoms with van der Waals surface area (Å²) in [5.41, 5.74) is 5.51. The molecule has 1 heterocycles. The molecule has 0 fully saturated rings. The second-order valence-electron chi connectivity index (χ2n) is 1.95. The van der Waals surface area contributed by atoms with Crippen molar-refractivity contribution < 1.29 is 4.79 Å². The van der Waals surface area contributed by atoms with E-state index in [0.29, 0.717) is 5.56 Å². The first-order chi connectivity index (χ1) is 5.34. The zero-order valence-corrected chi connectivity index (χ0v) is 7.39. The van der Waals surface area contributed by atoms with Gasteiger partial charge in [0.2, 0.25) is 0 Å². The Labute approximate surface area is 76.8 Å². The van der Waals surface area contributed by atoms with Crippen LogP contribution >= 0.6 is 12.4 Å². The first kappa shape index (κ1) is 10.9. The molecular formula is C7H10ClN3O. The van der Waals surface area contributed by atoms with Crippen molar-refractivity contribution >= 4 is 18.3 Å². The Hall–Kier alpha value is -1.13. The van der Waals surface area contributed by atoms with Gasteiger partial charge in [-0.2, -0.15) is 0 Å². The molecule has 0 atom stereocenters. The number of pyridine rings is 1. The monoisotopic (exact) mass is 187 g/mol. The highest BCUT2D eigenvalue weighted by Crippen LogP contribution is 1.93. The number of aromatic nitrogens is 1. The van der Waals surface area contributed by atoms with E-state index in [0.717, 1.165) is 0 Å². The number of hydrogen-bond acceptors (Lipinski definition) is 3. The third kappa shape index (κ3) is 2.86. The molecule has 0 aromatic carbocycles. The lowest BCUT2D eigenvalue weighted by Gasteiger charge is -2.00. The molecule has 0 bridgehead atoms. The van der Waals surface area contributed by atoms with Gasteiger partial charge < -0.3 is 0 Å². The van der Waals surface area contributed by atoms with Crippen molar-refractivity contribution in [2.75, 3.05) is 7.05 Å². The molecule has 1 aromatic rings. The number of nitrogens with zero attached hydrogens (tertiary/aromatic N) is 1. The van der Waals surface area contributed by atoms with Crippen molar-refractivity contribution in [1.82, 2.24) is 15.8 Å². The summed E-state index contributed by atoms with van der Waals surface area (Å²) >= 11 is 0. The van der Waals surface area contributed by atoms with Crippen LogP contribution in [0.1, 0.15) is 10.4 Å². The van der Waals surface area contributed by atoms with Crippen molar-refractivity contribution in [3.63, 3.8) is 0 Å². The zero-order chi connectivity index (χ0) is 8.10. The highest BCUT2D eigenvalue weighted by molar-refractivity contribution is 5.93. The molecule has 5 heteroatoms. The van der Waals surface area contributed by atoms with Gasteiger partial charge in [-0.1, -0.05) is 0 Å². The molecule has 0 saturated carbocycles. The molecule has 0 spiro atoms. The van der Waals surface area contributed by atoms with Gasteiger partial charge in [-0.25, -0.2) is 5.43 Å². The smallest absolute Gasteiger partial charge is 0.266 e. The minimum absolute atomic E-state index is 0. The van der Waals surface area contributed by atoms with Crippen molar-refractivity contribution in [1.29, 1.82) is 0 Å². The Bertz CT molecular complexity index is 240. The minimum atomic E-state index is -0.180. The predicted molar refractivity (Wildman–Crippen MR) is 48.0 cm³/mol. The number of halogens is 1. The quantitative estimate of drug-likeness (QED) is 0.658. The Kier molecular flexibility index (Phi) is 4.99. The first-order valence-electron chi connectivity index (χ1n) is 3.21. The largest absolute Gasteiger partial charge is 0.288 e. The molecule has 1 rings (SSSR count). The van der Waals surface area contributed by atoms with Gasteiger partial charge in [0, 0.05) is 19.4 Å². The van der Waals surface area contributed by atoms with Crippen LogP contribution in [-0.2, 0) is 0 Å². The van der Waals surface area contributed by atoms with Crippen LogP contribution in [-0.4, -0.2) is 17.9 Å². The summed E-state index contributed by atoms with van der Waals surface area (Å²) in [4.78, 5) is 14.8. The molecule has 0 aliphatic rings. The van der Waals surface area contributed by atoms with E-state index >= 15 is 0 Å². The molecule has 0 radical (unpaired) electrons. The summed E-state index contributed by atoms with van der Waals surface area (Å²) < 4.78 is 0. The SMILES string of the molecule is CNNC(=O)c1cccnc1.Cl. The summed E-state index contributed by atoms with van der Waals surface area (Å²) in [5.74, 6) is -0.180. The topological polar surface area (TPSA) is 54.0 Å². The number of carbonyl (C=O) groups excluding carboxylic acids is 1. The standard InChI is InChI=1S/C7H9N3O.ClH/c1-8-10-7(11)6-3-2-4-9-5-6;/h2-5,8H,1H3,(H,10,11);1H. The van der Waals surface area contributed by atoms with Crippen LogP contribution in [0.2, 0.25) is 0 Å². The summed E-state index contributed by atoms with van der Waals surface area (Å²) in [6.45, 7) is 0. The normalized spacial score (nSPS) is 8.42. The van der Waals surface area contributed by atoms with E-state index in [1.807, 2.05) is 0 Å². The van der Waals surface area contributed by atoms with Crippen molar-refractivity contribution in [2.24, 2.45) is 0 Å². The number of nitrogens with one attached hydrogen (secondary N) is 2. The van der Waals surface area contributed by atoms with E-state index in [1.54, 1.807) is 25.4 Å². The second-order valence-corrected chi connectivity index (χ2v) is 1.95. The molecule has 0 saturated heterocycles. The van der Waals surface area contributed by atoms with E-state index in [2.05, 4.69) is 15.8 Å². The van der Waals surface area contributed by atoms with E-state index in [9.17, 15) is 4.79 Å². The van der Waals surface area contributed by atoms with Gasteiger partial charge >= 0.3 is 0 Å². The highest BCUT2D eigenvalue weighted by atomic mass is 35.5. The number of carbonyl (C=O) groups is 1. The fourth-order valence-electron chi connectivity index (χ4n) is 0.683. The number of hydrogen-bond donors (Lipinski definition) is 2. The van der Waals surface area contributed by atoms with E-state index in [-0.39, 0.29) is 18.3 Å². The molecule has 0 aliphatic carbocycles. The molecule has 1 aromatic heterocycles. The van der Waals surface area contributed by atoms with Gasteiger partial charge in [0.25, 0.3) is 5.91 Å². The summed E-state index contributed by atoms with van der Waals surface area (Å²) in [7, 11) is 1.63. The van der Waals surface area contributed by atoms with Gasteiger partial charge in [0.05, 0.1) is 5.56 Å². The third-order valence-corrected chi connectivity index (χ3v) is 1.16. The lowest BCUT2D eigenvalue weighted by molar-refractivity contribution is 0.0937. The van der Waals surface area contributed by atoms with Gasteiger partial charge in [0.15, 0.2) is 0 Å². The van der Waals surface area contributed by atoms with Crippen LogP contribution in [0.5, 0.6) is 0 Å². The molecule has 12 heavy (non-hydrogen) atoms. The lowest BCUT2D eigenvalue weighted by atomic mass is 10.3. The molecule has 0 aliphatic heterocycles. The fourth-order valence-corrected chi connectivity index (χ4v) is 0.683. The Balaban J connectivity index is 0.00000121. The number of hydrazine groups is 1. The van der Waals surface area contributed by atoms with Gasteiger partial charge in [0.1, 0.15) is 0 Å². The van der Waals surface area contributed by atoms with E-state index < -0.39 is 0 Å². The number of rotatable bonds is 2. The molecule has 0 unspecified atom stereocenters. The van der Waals surface area contributed by atoms with Crippen LogP contribution in [0, 0.1) is 0 Å². The highest BCUT2D eigenvalue weighted by Gasteiger charge is 2.00. The maximum atomic E-state index is 11.0. The predicted octanol–water partition coefficient (Wildman–Crippen LogP) is 0.368. The van der Waals surface area contributed by atoms with Crippen LogP contribution in [0.15, 0.2) is 24.5 Å². The lowest BCUT2D eigenvalue weighted by Crippen LogP contribution is -2.34. The van der Waals surface area contributed by atoms with Crippen LogP contribution < -0.4 is 10.9 Å². The van der Waals surface area contributed by atoms with Crippen LogP contribution in [0.3, 0.4) is 0 Å². The Morgan fingerprint density at radius 2 is 2.33 bits per heavy atom. The summed E-state index contributed by atoms with van der Waals surface area (Å²) in [6.07, 6.45) is 3.13. The Morgan fingerprint density at radius 1 is 1.58 bits per heavy atom. The van der Waals surface area contributed by atoms with Gasteiger partial charge in [-0.15, -0.1) is 12.4 Å². The average molecular weight is 188 g/mol. The molecule has 66 valence electrons. The maximum absolute atomic E-state index is 11.0. The van der Waals surface area contributed by atoms with Gasteiger partial charge in [-0.3, -0.25) is 15.2 Å². The zero-order valence-electron chi connectivity index (χ0n) is 6.57. The molecule has 2 N–H and O–H groups in total. The third-order valence-electron chi connectivity index (χ3n) is 1.16. The number of amides is 1. The molecule has 4 nitrogen and oxygen atoms in total. The Morgan fingerprint density at radius 3 is 2.83 bits per heavy atom.